The van der Waals surface area contributed by atoms with Crippen LogP contribution < -0.4 is 5.32 Å². The summed E-state index contributed by atoms with van der Waals surface area (Å²) in [6.07, 6.45) is 2.22. The summed E-state index contributed by atoms with van der Waals surface area (Å²) in [6.45, 7) is 7.28. The molecule has 0 aromatic carbocycles. The topological polar surface area (TPSA) is 77.9 Å². The second kappa shape index (κ2) is 7.12. The Morgan fingerprint density at radius 3 is 2.60 bits per heavy atom. The molecule has 0 fully saturated rings. The highest BCUT2D eigenvalue weighted by molar-refractivity contribution is 5.76. The van der Waals surface area contributed by atoms with E-state index in [0.29, 0.717) is 19.5 Å². The van der Waals surface area contributed by atoms with Gasteiger partial charge in [0.05, 0.1) is 0 Å². The minimum Gasteiger partial charge on any atom is -0.356 e. The van der Waals surface area contributed by atoms with Crippen molar-refractivity contribution in [2.75, 3.05) is 13.1 Å². The number of carbonyl (C=O) groups excluding carboxylic acids is 1. The van der Waals surface area contributed by atoms with E-state index in [4.69, 9.17) is 5.53 Å². The zero-order valence-electron chi connectivity index (χ0n) is 9.79. The summed E-state index contributed by atoms with van der Waals surface area (Å²) in [4.78, 5) is 14.0. The van der Waals surface area contributed by atoms with Crippen LogP contribution in [0.2, 0.25) is 0 Å². The first-order valence-corrected chi connectivity index (χ1v) is 5.23. The van der Waals surface area contributed by atoms with E-state index < -0.39 is 0 Å². The summed E-state index contributed by atoms with van der Waals surface area (Å²) in [7, 11) is 0. The number of unbranched alkanes of at least 4 members (excludes halogenated alkanes) is 1. The van der Waals surface area contributed by atoms with Crippen LogP contribution in [0, 0.1) is 5.41 Å². The Balaban J connectivity index is 3.43. The van der Waals surface area contributed by atoms with Crippen LogP contribution in [0.3, 0.4) is 0 Å². The van der Waals surface area contributed by atoms with Crippen molar-refractivity contribution in [2.45, 2.75) is 40.0 Å². The third-order valence-electron chi connectivity index (χ3n) is 1.76. The highest BCUT2D eigenvalue weighted by Gasteiger charge is 2.14. The molecule has 0 aliphatic heterocycles. The van der Waals surface area contributed by atoms with Gasteiger partial charge in [0.15, 0.2) is 0 Å². The summed E-state index contributed by atoms with van der Waals surface area (Å²) >= 11 is 0. The molecule has 0 radical (unpaired) electrons. The van der Waals surface area contributed by atoms with Gasteiger partial charge in [0, 0.05) is 24.4 Å². The first-order chi connectivity index (χ1) is 6.95. The molecule has 1 N–H and O–H groups in total. The largest absolute Gasteiger partial charge is 0.356 e. The molecule has 0 aliphatic carbocycles. The van der Waals surface area contributed by atoms with Gasteiger partial charge in [-0.15, -0.1) is 0 Å². The second-order valence-corrected chi connectivity index (χ2v) is 4.75. The Labute approximate surface area is 90.9 Å². The molecule has 0 saturated carbocycles. The number of nitrogens with zero attached hydrogens (tertiary/aromatic N) is 3. The lowest BCUT2D eigenvalue weighted by atomic mass is 9.92. The van der Waals surface area contributed by atoms with Gasteiger partial charge in [0.2, 0.25) is 5.91 Å². The molecule has 0 atom stereocenters. The van der Waals surface area contributed by atoms with Crippen molar-refractivity contribution >= 4 is 5.91 Å². The monoisotopic (exact) mass is 212 g/mol. The lowest BCUT2D eigenvalue weighted by Gasteiger charge is -2.17. The van der Waals surface area contributed by atoms with E-state index >= 15 is 0 Å². The van der Waals surface area contributed by atoms with E-state index in [0.717, 1.165) is 12.8 Å². The van der Waals surface area contributed by atoms with E-state index in [-0.39, 0.29) is 11.3 Å². The number of azide groups is 1. The molecule has 0 unspecified atom stereocenters. The Morgan fingerprint density at radius 1 is 1.40 bits per heavy atom. The molecule has 0 saturated heterocycles. The van der Waals surface area contributed by atoms with Crippen LogP contribution in [0.1, 0.15) is 40.0 Å². The number of hydrogen-bond acceptors (Lipinski definition) is 2. The summed E-state index contributed by atoms with van der Waals surface area (Å²) < 4.78 is 0. The van der Waals surface area contributed by atoms with Gasteiger partial charge in [-0.05, 0) is 23.8 Å². The molecule has 0 rings (SSSR count). The van der Waals surface area contributed by atoms with Crippen molar-refractivity contribution < 1.29 is 4.79 Å². The zero-order chi connectivity index (χ0) is 11.7. The van der Waals surface area contributed by atoms with Crippen molar-refractivity contribution in [3.63, 3.8) is 0 Å². The van der Waals surface area contributed by atoms with Crippen LogP contribution in [0.25, 0.3) is 10.4 Å². The summed E-state index contributed by atoms with van der Waals surface area (Å²) in [5.41, 5.74) is 8.06. The fourth-order valence-corrected chi connectivity index (χ4v) is 1.12. The molecule has 0 aromatic heterocycles. The molecule has 5 nitrogen and oxygen atoms in total. The van der Waals surface area contributed by atoms with E-state index in [9.17, 15) is 4.79 Å². The molecule has 86 valence electrons. The van der Waals surface area contributed by atoms with Gasteiger partial charge in [-0.1, -0.05) is 25.9 Å². The van der Waals surface area contributed by atoms with Crippen LogP contribution in [0.15, 0.2) is 5.11 Å². The average molecular weight is 212 g/mol. The summed E-state index contributed by atoms with van der Waals surface area (Å²) in [6, 6.07) is 0. The number of nitrogens with one attached hydrogen (secondary N) is 1. The van der Waals surface area contributed by atoms with Gasteiger partial charge < -0.3 is 5.32 Å². The maximum absolute atomic E-state index is 11.4. The summed E-state index contributed by atoms with van der Waals surface area (Å²) in [5.74, 6) is 0.0892. The van der Waals surface area contributed by atoms with Gasteiger partial charge in [-0.2, -0.15) is 0 Å². The van der Waals surface area contributed by atoms with Crippen molar-refractivity contribution in [3.8, 4) is 0 Å². The smallest absolute Gasteiger partial charge is 0.220 e. The molecule has 5 heteroatoms. The van der Waals surface area contributed by atoms with Crippen LogP contribution in [0.5, 0.6) is 0 Å². The first kappa shape index (κ1) is 13.8. The molecule has 0 aromatic rings. The Bertz CT molecular complexity index is 238. The number of carbonyl (C=O) groups is 1. The maximum Gasteiger partial charge on any atom is 0.220 e. The van der Waals surface area contributed by atoms with Gasteiger partial charge in [-0.25, -0.2) is 0 Å². The second-order valence-electron chi connectivity index (χ2n) is 4.75. The standard InChI is InChI=1S/C10H20N4O/c1-10(2,3)8-9(15)12-6-4-5-7-13-14-11/h4-8H2,1-3H3,(H,12,15). The fourth-order valence-electron chi connectivity index (χ4n) is 1.12. The van der Waals surface area contributed by atoms with Crippen LogP contribution in [0.4, 0.5) is 0 Å². The van der Waals surface area contributed by atoms with Crippen molar-refractivity contribution in [1.29, 1.82) is 0 Å². The first-order valence-electron chi connectivity index (χ1n) is 5.23. The number of rotatable bonds is 6. The van der Waals surface area contributed by atoms with Crippen LogP contribution in [-0.4, -0.2) is 19.0 Å². The fraction of sp³-hybridized carbons (Fsp3) is 0.900. The molecule has 0 bridgehead atoms. The average Bonchev–Trinajstić information content (AvgIpc) is 2.08. The molecule has 0 spiro atoms. The lowest BCUT2D eigenvalue weighted by Crippen LogP contribution is -2.28. The Hall–Kier alpha value is -1.22. The minimum absolute atomic E-state index is 0.0369. The van der Waals surface area contributed by atoms with Gasteiger partial charge in [0.1, 0.15) is 0 Å². The molecule has 0 aliphatic rings. The lowest BCUT2D eigenvalue weighted by molar-refractivity contribution is -0.122. The normalized spacial score (nSPS) is 10.6. The van der Waals surface area contributed by atoms with Gasteiger partial charge >= 0.3 is 0 Å². The van der Waals surface area contributed by atoms with Crippen molar-refractivity contribution in [3.05, 3.63) is 10.4 Å². The summed E-state index contributed by atoms with van der Waals surface area (Å²) in [5, 5.41) is 6.26. The van der Waals surface area contributed by atoms with Crippen molar-refractivity contribution in [2.24, 2.45) is 10.5 Å². The van der Waals surface area contributed by atoms with Crippen LogP contribution in [-0.2, 0) is 4.79 Å². The number of hydrogen-bond donors (Lipinski definition) is 1. The molecule has 0 heterocycles. The highest BCUT2D eigenvalue weighted by atomic mass is 16.1. The van der Waals surface area contributed by atoms with E-state index in [2.05, 4.69) is 15.3 Å². The molecular weight excluding hydrogens is 192 g/mol. The molecule has 15 heavy (non-hydrogen) atoms. The molecular formula is C10H20N4O. The third kappa shape index (κ3) is 10.7. The Kier molecular flexibility index (Phi) is 6.54. The van der Waals surface area contributed by atoms with E-state index in [1.165, 1.54) is 0 Å². The predicted octanol–water partition coefficient (Wildman–Crippen LogP) is 2.63. The van der Waals surface area contributed by atoms with Gasteiger partial charge in [-0.3, -0.25) is 4.79 Å². The zero-order valence-corrected chi connectivity index (χ0v) is 9.79. The highest BCUT2D eigenvalue weighted by Crippen LogP contribution is 2.17. The van der Waals surface area contributed by atoms with Crippen molar-refractivity contribution in [1.82, 2.24) is 5.32 Å². The van der Waals surface area contributed by atoms with Crippen LogP contribution >= 0.6 is 0 Å². The van der Waals surface area contributed by atoms with E-state index in [1.54, 1.807) is 0 Å². The van der Waals surface area contributed by atoms with Gasteiger partial charge in [0.25, 0.3) is 0 Å². The Morgan fingerprint density at radius 2 is 2.07 bits per heavy atom. The maximum atomic E-state index is 11.4. The van der Waals surface area contributed by atoms with E-state index in [1.807, 2.05) is 20.8 Å². The molecule has 1 amide bonds. The minimum atomic E-state index is 0.0369. The quantitative estimate of drug-likeness (QED) is 0.312. The third-order valence-corrected chi connectivity index (χ3v) is 1.76. The SMILES string of the molecule is CC(C)(C)CC(=O)NCCCCN=[N+]=[N-]. The number of amides is 1. The predicted molar refractivity (Wildman–Crippen MR) is 60.3 cm³/mol.